The first-order valence-electron chi connectivity index (χ1n) is 6.53. The number of nitrogens with one attached hydrogen (secondary N) is 2. The van der Waals surface area contributed by atoms with Crippen LogP contribution in [0.15, 0.2) is 24.3 Å². The molecule has 1 aromatic carbocycles. The van der Waals surface area contributed by atoms with Crippen LogP contribution in [0.3, 0.4) is 0 Å². The van der Waals surface area contributed by atoms with Crippen molar-refractivity contribution >= 4 is 5.69 Å². The lowest BCUT2D eigenvalue weighted by Gasteiger charge is -2.09. The van der Waals surface area contributed by atoms with E-state index in [-0.39, 0.29) is 0 Å². The third-order valence-electron chi connectivity index (χ3n) is 2.44. The second-order valence-corrected chi connectivity index (χ2v) is 4.04. The van der Waals surface area contributed by atoms with Crippen molar-refractivity contribution in [3.05, 3.63) is 24.3 Å². The lowest BCUT2D eigenvalue weighted by molar-refractivity contribution is 0.200. The van der Waals surface area contributed by atoms with E-state index in [1.54, 1.807) is 7.11 Å². The molecule has 2 N–H and O–H groups in total. The Labute approximate surface area is 110 Å². The molecular formula is C14H24N2O2. The Kier molecular flexibility index (Phi) is 8.01. The van der Waals surface area contributed by atoms with Crippen LogP contribution in [0.1, 0.15) is 13.3 Å². The fourth-order valence-electron chi connectivity index (χ4n) is 1.48. The van der Waals surface area contributed by atoms with Crippen LogP contribution >= 0.6 is 0 Å². The van der Waals surface area contributed by atoms with Gasteiger partial charge in [-0.1, -0.05) is 6.92 Å². The first kappa shape index (κ1) is 14.8. The van der Waals surface area contributed by atoms with Crippen molar-refractivity contribution in [2.45, 2.75) is 13.3 Å². The van der Waals surface area contributed by atoms with E-state index in [1.165, 1.54) is 0 Å². The molecule has 4 nitrogen and oxygen atoms in total. The van der Waals surface area contributed by atoms with E-state index in [0.717, 1.165) is 50.7 Å². The molecule has 0 unspecified atom stereocenters. The van der Waals surface area contributed by atoms with Gasteiger partial charge in [-0.05, 0) is 30.7 Å². The molecule has 0 saturated carbocycles. The van der Waals surface area contributed by atoms with Gasteiger partial charge in [0.05, 0.1) is 13.2 Å². The van der Waals surface area contributed by atoms with Gasteiger partial charge in [0.1, 0.15) is 5.75 Å². The van der Waals surface area contributed by atoms with Crippen LogP contribution in [-0.2, 0) is 4.74 Å². The monoisotopic (exact) mass is 252 g/mol. The minimum atomic E-state index is 0.753. The van der Waals surface area contributed by atoms with E-state index in [0.29, 0.717) is 0 Å². The number of ether oxygens (including phenoxy) is 2. The summed E-state index contributed by atoms with van der Waals surface area (Å²) >= 11 is 0. The fourth-order valence-corrected chi connectivity index (χ4v) is 1.48. The molecule has 0 atom stereocenters. The van der Waals surface area contributed by atoms with Gasteiger partial charge in [-0.15, -0.1) is 0 Å². The summed E-state index contributed by atoms with van der Waals surface area (Å²) in [5, 5.41) is 6.63. The smallest absolute Gasteiger partial charge is 0.119 e. The number of anilines is 1. The van der Waals surface area contributed by atoms with Crippen molar-refractivity contribution in [3.63, 3.8) is 0 Å². The lowest BCUT2D eigenvalue weighted by atomic mass is 10.3. The zero-order chi connectivity index (χ0) is 13.1. The quantitative estimate of drug-likeness (QED) is 0.626. The highest BCUT2D eigenvalue weighted by Crippen LogP contribution is 2.15. The molecule has 18 heavy (non-hydrogen) atoms. The second-order valence-electron chi connectivity index (χ2n) is 4.04. The van der Waals surface area contributed by atoms with E-state index < -0.39 is 0 Å². The molecule has 1 aromatic rings. The second kappa shape index (κ2) is 9.74. The molecular weight excluding hydrogens is 228 g/mol. The Balaban J connectivity index is 2.14. The van der Waals surface area contributed by atoms with Gasteiger partial charge < -0.3 is 20.1 Å². The molecule has 0 saturated heterocycles. The zero-order valence-electron chi connectivity index (χ0n) is 11.4. The van der Waals surface area contributed by atoms with Crippen LogP contribution in [0.25, 0.3) is 0 Å². The highest BCUT2D eigenvalue weighted by Gasteiger charge is 1.94. The van der Waals surface area contributed by atoms with Crippen molar-refractivity contribution < 1.29 is 9.47 Å². The van der Waals surface area contributed by atoms with Crippen molar-refractivity contribution in [1.82, 2.24) is 5.32 Å². The summed E-state index contributed by atoms with van der Waals surface area (Å²) in [5.74, 6) is 0.931. The van der Waals surface area contributed by atoms with Crippen LogP contribution in [0.2, 0.25) is 0 Å². The Hall–Kier alpha value is -1.26. The predicted molar refractivity (Wildman–Crippen MR) is 75.5 cm³/mol. The lowest BCUT2D eigenvalue weighted by Crippen LogP contribution is -2.25. The first-order chi connectivity index (χ1) is 8.86. The third kappa shape index (κ3) is 6.47. The largest absolute Gasteiger partial charge is 0.494 e. The van der Waals surface area contributed by atoms with Gasteiger partial charge in [0, 0.05) is 32.4 Å². The maximum Gasteiger partial charge on any atom is 0.119 e. The van der Waals surface area contributed by atoms with Crippen LogP contribution in [0, 0.1) is 0 Å². The predicted octanol–water partition coefficient (Wildman–Crippen LogP) is 2.12. The summed E-state index contributed by atoms with van der Waals surface area (Å²) in [6.07, 6.45) is 1.03. The van der Waals surface area contributed by atoms with Crippen molar-refractivity contribution in [2.75, 3.05) is 45.3 Å². The molecule has 4 heteroatoms. The van der Waals surface area contributed by atoms with Crippen LogP contribution in [-0.4, -0.2) is 40.0 Å². The van der Waals surface area contributed by atoms with E-state index in [2.05, 4.69) is 17.6 Å². The first-order valence-corrected chi connectivity index (χ1v) is 6.53. The maximum atomic E-state index is 5.53. The summed E-state index contributed by atoms with van der Waals surface area (Å²) in [7, 11) is 1.71. The molecule has 0 aliphatic heterocycles. The number of hydrogen-bond acceptors (Lipinski definition) is 4. The highest BCUT2D eigenvalue weighted by molar-refractivity contribution is 5.46. The number of methoxy groups -OCH3 is 1. The van der Waals surface area contributed by atoms with Gasteiger partial charge in [0.25, 0.3) is 0 Å². The van der Waals surface area contributed by atoms with Gasteiger partial charge in [-0.25, -0.2) is 0 Å². The Morgan fingerprint density at radius 3 is 2.44 bits per heavy atom. The van der Waals surface area contributed by atoms with Gasteiger partial charge in [0.2, 0.25) is 0 Å². The summed E-state index contributed by atoms with van der Waals surface area (Å²) in [6.45, 7) is 6.35. The Morgan fingerprint density at radius 1 is 1.00 bits per heavy atom. The summed E-state index contributed by atoms with van der Waals surface area (Å²) in [4.78, 5) is 0. The molecule has 0 bridgehead atoms. The Bertz CT molecular complexity index is 301. The normalized spacial score (nSPS) is 10.3. The summed E-state index contributed by atoms with van der Waals surface area (Å²) < 4.78 is 10.5. The SMILES string of the molecule is CCCOc1ccc(NCCNCCOC)cc1. The molecule has 0 aliphatic rings. The third-order valence-corrected chi connectivity index (χ3v) is 2.44. The molecule has 0 fully saturated rings. The molecule has 0 amide bonds. The van der Waals surface area contributed by atoms with Crippen molar-refractivity contribution in [3.8, 4) is 5.75 Å². The topological polar surface area (TPSA) is 42.5 Å². The minimum Gasteiger partial charge on any atom is -0.494 e. The van der Waals surface area contributed by atoms with E-state index in [1.807, 2.05) is 24.3 Å². The van der Waals surface area contributed by atoms with Gasteiger partial charge >= 0.3 is 0 Å². The zero-order valence-corrected chi connectivity index (χ0v) is 11.4. The Morgan fingerprint density at radius 2 is 1.78 bits per heavy atom. The summed E-state index contributed by atoms with van der Waals surface area (Å²) in [6, 6.07) is 8.08. The molecule has 0 radical (unpaired) electrons. The fraction of sp³-hybridized carbons (Fsp3) is 0.571. The van der Waals surface area contributed by atoms with Gasteiger partial charge in [-0.2, -0.15) is 0 Å². The molecule has 102 valence electrons. The van der Waals surface area contributed by atoms with Gasteiger partial charge in [-0.3, -0.25) is 0 Å². The van der Waals surface area contributed by atoms with Crippen LogP contribution in [0.5, 0.6) is 5.75 Å². The number of benzene rings is 1. The molecule has 0 aromatic heterocycles. The van der Waals surface area contributed by atoms with Crippen LogP contribution in [0.4, 0.5) is 5.69 Å². The van der Waals surface area contributed by atoms with Gasteiger partial charge in [0.15, 0.2) is 0 Å². The van der Waals surface area contributed by atoms with E-state index in [9.17, 15) is 0 Å². The molecule has 0 spiro atoms. The average Bonchev–Trinajstić information content (AvgIpc) is 2.42. The summed E-state index contributed by atoms with van der Waals surface area (Å²) in [5.41, 5.74) is 1.12. The standard InChI is InChI=1S/C14H24N2O2/c1-3-11-18-14-6-4-13(5-7-14)16-9-8-15-10-12-17-2/h4-7,15-16H,3,8-12H2,1-2H3. The van der Waals surface area contributed by atoms with Crippen molar-refractivity contribution in [2.24, 2.45) is 0 Å². The maximum absolute atomic E-state index is 5.53. The average molecular weight is 252 g/mol. The minimum absolute atomic E-state index is 0.753. The van der Waals surface area contributed by atoms with E-state index in [4.69, 9.17) is 9.47 Å². The highest BCUT2D eigenvalue weighted by atomic mass is 16.5. The van der Waals surface area contributed by atoms with Crippen molar-refractivity contribution in [1.29, 1.82) is 0 Å². The number of hydrogen-bond donors (Lipinski definition) is 2. The van der Waals surface area contributed by atoms with Crippen LogP contribution < -0.4 is 15.4 Å². The van der Waals surface area contributed by atoms with E-state index >= 15 is 0 Å². The number of rotatable bonds is 10. The molecule has 1 rings (SSSR count). The molecule has 0 heterocycles. The molecule has 0 aliphatic carbocycles.